The third-order valence-electron chi connectivity index (χ3n) is 2.20. The van der Waals surface area contributed by atoms with E-state index in [-0.39, 0.29) is 11.9 Å². The van der Waals surface area contributed by atoms with Crippen molar-refractivity contribution in [3.05, 3.63) is 42.1 Å². The Balaban J connectivity index is 2.04. The molecule has 2 rings (SSSR count). The first kappa shape index (κ1) is 13.1. The zero-order valence-electron chi connectivity index (χ0n) is 8.87. The van der Waals surface area contributed by atoms with Crippen molar-refractivity contribution in [3.8, 4) is 0 Å². The Morgan fingerprint density at radius 1 is 1.53 bits per heavy atom. The number of nitrogens with one attached hydrogen (secondary N) is 1. The molecule has 0 aliphatic heterocycles. The molecule has 90 valence electrons. The van der Waals surface area contributed by atoms with Gasteiger partial charge in [0, 0.05) is 10.3 Å². The van der Waals surface area contributed by atoms with E-state index in [1.54, 1.807) is 0 Å². The molecule has 17 heavy (non-hydrogen) atoms. The lowest BCUT2D eigenvalue weighted by molar-refractivity contribution is 0.0941. The van der Waals surface area contributed by atoms with E-state index in [2.05, 4.69) is 21.2 Å². The van der Waals surface area contributed by atoms with Gasteiger partial charge in [0.15, 0.2) is 0 Å². The van der Waals surface area contributed by atoms with Gasteiger partial charge in [-0.3, -0.25) is 4.79 Å². The highest BCUT2D eigenvalue weighted by molar-refractivity contribution is 9.11. The average Bonchev–Trinajstić information content (AvgIpc) is 2.87. The quantitative estimate of drug-likeness (QED) is 0.853. The van der Waals surface area contributed by atoms with Gasteiger partial charge in [0.1, 0.15) is 0 Å². The van der Waals surface area contributed by atoms with Crippen LogP contribution in [0.1, 0.15) is 28.2 Å². The third-order valence-corrected chi connectivity index (χ3v) is 5.12. The molecule has 2 heterocycles. The predicted octanol–water partition coefficient (Wildman–Crippen LogP) is 4.72. The molecule has 1 atom stereocenters. The number of thiophene rings is 2. The molecule has 0 aliphatic carbocycles. The van der Waals surface area contributed by atoms with Crippen LogP contribution in [0, 0.1) is 0 Å². The first-order valence-corrected chi connectivity index (χ1v) is 7.73. The molecular formula is C11H9BrClNOS2. The lowest BCUT2D eigenvalue weighted by Gasteiger charge is -2.11. The second-order valence-electron chi connectivity index (χ2n) is 3.48. The number of carbonyl (C=O) groups excluding carboxylic acids is 1. The van der Waals surface area contributed by atoms with Crippen LogP contribution in [0.25, 0.3) is 0 Å². The molecule has 0 bridgehead atoms. The monoisotopic (exact) mass is 349 g/mol. The molecule has 6 heteroatoms. The molecule has 2 nitrogen and oxygen atoms in total. The van der Waals surface area contributed by atoms with Gasteiger partial charge in [0.2, 0.25) is 0 Å². The summed E-state index contributed by atoms with van der Waals surface area (Å²) < 4.78 is 1.69. The summed E-state index contributed by atoms with van der Waals surface area (Å²) in [6.07, 6.45) is 0. The van der Waals surface area contributed by atoms with Crippen molar-refractivity contribution in [1.82, 2.24) is 5.32 Å². The molecule has 1 unspecified atom stereocenters. The van der Waals surface area contributed by atoms with Crippen LogP contribution in [-0.4, -0.2) is 5.91 Å². The Labute approximate surface area is 121 Å². The van der Waals surface area contributed by atoms with Crippen molar-refractivity contribution in [2.45, 2.75) is 13.0 Å². The number of hydrogen-bond donors (Lipinski definition) is 1. The summed E-state index contributed by atoms with van der Waals surface area (Å²) in [4.78, 5) is 12.9. The van der Waals surface area contributed by atoms with Gasteiger partial charge in [-0.2, -0.15) is 0 Å². The standard InChI is InChI=1S/C11H9BrClNOS2/c1-6(8-2-3-10(13)17-8)14-11(15)7-4-9(12)16-5-7/h2-6H,1H3,(H,14,15). The van der Waals surface area contributed by atoms with Crippen LogP contribution >= 0.6 is 50.2 Å². The van der Waals surface area contributed by atoms with E-state index in [1.807, 2.05) is 30.5 Å². The van der Waals surface area contributed by atoms with Gasteiger partial charge in [0.05, 0.1) is 19.7 Å². The minimum absolute atomic E-state index is 0.0290. The third kappa shape index (κ3) is 3.31. The molecule has 0 aliphatic rings. The second-order valence-corrected chi connectivity index (χ2v) is 7.51. The fourth-order valence-corrected chi connectivity index (χ4v) is 3.54. The first-order chi connectivity index (χ1) is 8.06. The van der Waals surface area contributed by atoms with Gasteiger partial charge < -0.3 is 5.32 Å². The Morgan fingerprint density at radius 2 is 2.29 bits per heavy atom. The first-order valence-electron chi connectivity index (χ1n) is 4.86. The summed E-state index contributed by atoms with van der Waals surface area (Å²) in [5.74, 6) is -0.0658. The normalized spacial score (nSPS) is 12.4. The summed E-state index contributed by atoms with van der Waals surface area (Å²) in [5.41, 5.74) is 0.677. The Morgan fingerprint density at radius 3 is 2.82 bits per heavy atom. The van der Waals surface area contributed by atoms with Gasteiger partial charge >= 0.3 is 0 Å². The molecule has 0 spiro atoms. The van der Waals surface area contributed by atoms with Crippen LogP contribution in [0.5, 0.6) is 0 Å². The van der Waals surface area contributed by atoms with E-state index >= 15 is 0 Å². The summed E-state index contributed by atoms with van der Waals surface area (Å²) in [6.45, 7) is 1.95. The van der Waals surface area contributed by atoms with Crippen molar-refractivity contribution < 1.29 is 4.79 Å². The zero-order valence-corrected chi connectivity index (χ0v) is 12.8. The lowest BCUT2D eigenvalue weighted by Crippen LogP contribution is -2.25. The summed E-state index contributed by atoms with van der Waals surface area (Å²) in [7, 11) is 0. The fraction of sp³-hybridized carbons (Fsp3) is 0.182. The van der Waals surface area contributed by atoms with Crippen LogP contribution in [-0.2, 0) is 0 Å². The molecular weight excluding hydrogens is 342 g/mol. The van der Waals surface area contributed by atoms with Crippen LogP contribution < -0.4 is 5.32 Å². The molecule has 2 aromatic heterocycles. The number of hydrogen-bond acceptors (Lipinski definition) is 3. The zero-order chi connectivity index (χ0) is 12.4. The molecule has 0 saturated carbocycles. The highest BCUT2D eigenvalue weighted by atomic mass is 79.9. The number of amides is 1. The minimum atomic E-state index is -0.0658. The van der Waals surface area contributed by atoms with E-state index < -0.39 is 0 Å². The highest BCUT2D eigenvalue weighted by Gasteiger charge is 2.14. The maximum Gasteiger partial charge on any atom is 0.252 e. The maximum atomic E-state index is 11.9. The molecule has 0 radical (unpaired) electrons. The van der Waals surface area contributed by atoms with E-state index in [0.29, 0.717) is 5.56 Å². The molecule has 0 fully saturated rings. The minimum Gasteiger partial charge on any atom is -0.345 e. The Bertz CT molecular complexity index is 537. The lowest BCUT2D eigenvalue weighted by atomic mass is 10.2. The van der Waals surface area contributed by atoms with Gasteiger partial charge in [-0.25, -0.2) is 0 Å². The van der Waals surface area contributed by atoms with Crippen molar-refractivity contribution >= 4 is 56.1 Å². The smallest absolute Gasteiger partial charge is 0.252 e. The van der Waals surface area contributed by atoms with Crippen LogP contribution in [0.15, 0.2) is 27.4 Å². The molecule has 1 amide bonds. The fourth-order valence-electron chi connectivity index (χ4n) is 1.34. The van der Waals surface area contributed by atoms with Crippen molar-refractivity contribution in [2.75, 3.05) is 0 Å². The second kappa shape index (κ2) is 5.52. The summed E-state index contributed by atoms with van der Waals surface area (Å²) in [5, 5.41) is 4.76. The average molecular weight is 351 g/mol. The van der Waals surface area contributed by atoms with E-state index in [1.165, 1.54) is 22.7 Å². The van der Waals surface area contributed by atoms with E-state index in [9.17, 15) is 4.79 Å². The predicted molar refractivity (Wildman–Crippen MR) is 77.2 cm³/mol. The number of rotatable bonds is 3. The highest BCUT2D eigenvalue weighted by Crippen LogP contribution is 2.27. The van der Waals surface area contributed by atoms with E-state index in [0.717, 1.165) is 13.0 Å². The molecule has 2 aromatic rings. The molecule has 0 aromatic carbocycles. The van der Waals surface area contributed by atoms with Crippen molar-refractivity contribution in [3.63, 3.8) is 0 Å². The molecule has 0 saturated heterocycles. The molecule has 1 N–H and O–H groups in total. The van der Waals surface area contributed by atoms with Gasteiger partial charge in [0.25, 0.3) is 5.91 Å². The van der Waals surface area contributed by atoms with Gasteiger partial charge in [-0.15, -0.1) is 22.7 Å². The maximum absolute atomic E-state index is 11.9. The number of halogens is 2. The largest absolute Gasteiger partial charge is 0.345 e. The van der Waals surface area contributed by atoms with Crippen LogP contribution in [0.2, 0.25) is 4.34 Å². The summed E-state index contributed by atoms with van der Waals surface area (Å²) >= 11 is 12.2. The summed E-state index contributed by atoms with van der Waals surface area (Å²) in [6, 6.07) is 5.56. The van der Waals surface area contributed by atoms with Crippen LogP contribution in [0.4, 0.5) is 0 Å². The van der Waals surface area contributed by atoms with Gasteiger partial charge in [-0.1, -0.05) is 11.6 Å². The Hall–Kier alpha value is -0.360. The SMILES string of the molecule is CC(NC(=O)c1csc(Br)c1)c1ccc(Cl)s1. The topological polar surface area (TPSA) is 29.1 Å². The number of carbonyl (C=O) groups is 1. The van der Waals surface area contributed by atoms with Crippen molar-refractivity contribution in [1.29, 1.82) is 0 Å². The Kier molecular flexibility index (Phi) is 4.25. The van der Waals surface area contributed by atoms with Gasteiger partial charge in [-0.05, 0) is 41.1 Å². The van der Waals surface area contributed by atoms with Crippen LogP contribution in [0.3, 0.4) is 0 Å². The van der Waals surface area contributed by atoms with E-state index in [4.69, 9.17) is 11.6 Å². The van der Waals surface area contributed by atoms with Crippen molar-refractivity contribution in [2.24, 2.45) is 0 Å².